The summed E-state index contributed by atoms with van der Waals surface area (Å²) in [6, 6.07) is 6.66. The second-order valence-corrected chi connectivity index (χ2v) is 3.54. The number of carbonyl (C=O) groups is 1. The maximum atomic E-state index is 12.7. The zero-order valence-electron chi connectivity index (χ0n) is 9.26. The summed E-state index contributed by atoms with van der Waals surface area (Å²) in [7, 11) is 0. The van der Waals surface area contributed by atoms with Gasteiger partial charge in [-0.05, 0) is 30.3 Å². The predicted molar refractivity (Wildman–Crippen MR) is 63.6 cm³/mol. The summed E-state index contributed by atoms with van der Waals surface area (Å²) in [5, 5.41) is 0. The quantitative estimate of drug-likeness (QED) is 0.863. The minimum atomic E-state index is -0.702. The standard InChI is InChI=1S/C12H10FN3O2/c13-7-1-3-9(4-2-7)18-12-10(11(15)17)5-8(14)6-16-12/h1-6H,14H2,(H2,15,17). The van der Waals surface area contributed by atoms with Gasteiger partial charge in [0.05, 0.1) is 11.9 Å². The number of hydrogen-bond donors (Lipinski definition) is 2. The van der Waals surface area contributed by atoms with Crippen molar-refractivity contribution in [3.8, 4) is 11.6 Å². The summed E-state index contributed by atoms with van der Waals surface area (Å²) in [6.45, 7) is 0. The zero-order valence-corrected chi connectivity index (χ0v) is 9.26. The number of carbonyl (C=O) groups excluding carboxylic acids is 1. The minimum absolute atomic E-state index is 0.0308. The van der Waals surface area contributed by atoms with Gasteiger partial charge in [0.1, 0.15) is 17.1 Å². The number of anilines is 1. The van der Waals surface area contributed by atoms with Gasteiger partial charge in [0.15, 0.2) is 0 Å². The van der Waals surface area contributed by atoms with E-state index in [4.69, 9.17) is 16.2 Å². The van der Waals surface area contributed by atoms with Crippen molar-refractivity contribution in [2.45, 2.75) is 0 Å². The molecule has 1 heterocycles. The number of primary amides is 1. The summed E-state index contributed by atoms with van der Waals surface area (Å²) in [4.78, 5) is 15.1. The Labute approximate surface area is 102 Å². The molecule has 2 aromatic rings. The first-order valence-electron chi connectivity index (χ1n) is 5.05. The first-order valence-corrected chi connectivity index (χ1v) is 5.05. The minimum Gasteiger partial charge on any atom is -0.438 e. The van der Waals surface area contributed by atoms with Crippen molar-refractivity contribution in [1.29, 1.82) is 0 Å². The van der Waals surface area contributed by atoms with Crippen LogP contribution < -0.4 is 16.2 Å². The summed E-state index contributed by atoms with van der Waals surface area (Å²) in [6.07, 6.45) is 1.34. The van der Waals surface area contributed by atoms with Crippen molar-refractivity contribution < 1.29 is 13.9 Å². The predicted octanol–water partition coefficient (Wildman–Crippen LogP) is 1.69. The van der Waals surface area contributed by atoms with E-state index in [1.807, 2.05) is 0 Å². The molecular formula is C12H10FN3O2. The molecule has 6 heteroatoms. The number of rotatable bonds is 3. The Hall–Kier alpha value is -2.63. The molecule has 1 aromatic carbocycles. The second-order valence-electron chi connectivity index (χ2n) is 3.54. The van der Waals surface area contributed by atoms with Crippen LogP contribution >= 0.6 is 0 Å². The van der Waals surface area contributed by atoms with E-state index >= 15 is 0 Å². The SMILES string of the molecule is NC(=O)c1cc(N)cnc1Oc1ccc(F)cc1. The molecule has 0 aliphatic carbocycles. The van der Waals surface area contributed by atoms with E-state index in [1.165, 1.54) is 36.5 Å². The lowest BCUT2D eigenvalue weighted by Gasteiger charge is -2.08. The Balaban J connectivity index is 2.34. The van der Waals surface area contributed by atoms with Gasteiger partial charge in [-0.25, -0.2) is 9.37 Å². The summed E-state index contributed by atoms with van der Waals surface area (Å²) >= 11 is 0. The van der Waals surface area contributed by atoms with E-state index in [-0.39, 0.29) is 17.3 Å². The van der Waals surface area contributed by atoms with Gasteiger partial charge in [-0.3, -0.25) is 4.79 Å². The van der Waals surface area contributed by atoms with Gasteiger partial charge in [-0.2, -0.15) is 0 Å². The van der Waals surface area contributed by atoms with Crippen LogP contribution in [0.2, 0.25) is 0 Å². The molecule has 1 aromatic heterocycles. The molecule has 0 fully saturated rings. The van der Waals surface area contributed by atoms with Crippen LogP contribution in [-0.2, 0) is 0 Å². The third-order valence-corrected chi connectivity index (χ3v) is 2.17. The third-order valence-electron chi connectivity index (χ3n) is 2.17. The van der Waals surface area contributed by atoms with Crippen molar-refractivity contribution in [3.63, 3.8) is 0 Å². The molecule has 0 spiro atoms. The molecule has 0 atom stereocenters. The van der Waals surface area contributed by atoms with Gasteiger partial charge in [0.2, 0.25) is 5.88 Å². The van der Waals surface area contributed by atoms with Gasteiger partial charge in [0, 0.05) is 0 Å². The van der Waals surface area contributed by atoms with E-state index in [9.17, 15) is 9.18 Å². The Morgan fingerprint density at radius 2 is 1.94 bits per heavy atom. The van der Waals surface area contributed by atoms with Gasteiger partial charge >= 0.3 is 0 Å². The molecule has 0 saturated carbocycles. The molecule has 4 N–H and O–H groups in total. The molecule has 0 bridgehead atoms. The summed E-state index contributed by atoms with van der Waals surface area (Å²) < 4.78 is 18.1. The van der Waals surface area contributed by atoms with Crippen molar-refractivity contribution in [2.75, 3.05) is 5.73 Å². The molecule has 1 amide bonds. The number of amides is 1. The molecule has 5 nitrogen and oxygen atoms in total. The lowest BCUT2D eigenvalue weighted by molar-refractivity contribution is 0.0997. The average Bonchev–Trinajstić information content (AvgIpc) is 2.34. The van der Waals surface area contributed by atoms with E-state index < -0.39 is 5.91 Å². The van der Waals surface area contributed by atoms with Crippen LogP contribution in [0.25, 0.3) is 0 Å². The molecule has 18 heavy (non-hydrogen) atoms. The van der Waals surface area contributed by atoms with Crippen molar-refractivity contribution in [2.24, 2.45) is 5.73 Å². The van der Waals surface area contributed by atoms with Crippen LogP contribution in [0.4, 0.5) is 10.1 Å². The largest absolute Gasteiger partial charge is 0.438 e. The maximum absolute atomic E-state index is 12.7. The van der Waals surface area contributed by atoms with Crippen molar-refractivity contribution >= 4 is 11.6 Å². The molecule has 0 saturated heterocycles. The number of nitrogens with zero attached hydrogens (tertiary/aromatic N) is 1. The Kier molecular flexibility index (Phi) is 3.09. The third kappa shape index (κ3) is 2.54. The lowest BCUT2D eigenvalue weighted by Crippen LogP contribution is -2.13. The number of halogens is 1. The van der Waals surface area contributed by atoms with Crippen LogP contribution in [0.1, 0.15) is 10.4 Å². The summed E-state index contributed by atoms with van der Waals surface area (Å²) in [5.74, 6) is -0.714. The fourth-order valence-corrected chi connectivity index (χ4v) is 1.34. The van der Waals surface area contributed by atoms with E-state index in [1.54, 1.807) is 0 Å². The molecule has 2 rings (SSSR count). The normalized spacial score (nSPS) is 10.1. The average molecular weight is 247 g/mol. The highest BCUT2D eigenvalue weighted by Gasteiger charge is 2.12. The van der Waals surface area contributed by atoms with Crippen LogP contribution in [-0.4, -0.2) is 10.9 Å². The van der Waals surface area contributed by atoms with Crippen LogP contribution in [0.3, 0.4) is 0 Å². The summed E-state index contributed by atoms with van der Waals surface area (Å²) in [5.41, 5.74) is 11.1. The van der Waals surface area contributed by atoms with Gasteiger partial charge in [-0.15, -0.1) is 0 Å². The molecule has 0 aliphatic rings. The molecule has 92 valence electrons. The highest BCUT2D eigenvalue weighted by molar-refractivity contribution is 5.95. The van der Waals surface area contributed by atoms with Crippen LogP contribution in [0.15, 0.2) is 36.5 Å². The number of hydrogen-bond acceptors (Lipinski definition) is 4. The second kappa shape index (κ2) is 4.70. The number of aromatic nitrogens is 1. The number of pyridine rings is 1. The maximum Gasteiger partial charge on any atom is 0.254 e. The van der Waals surface area contributed by atoms with Gasteiger partial charge in [0.25, 0.3) is 5.91 Å². The van der Waals surface area contributed by atoms with E-state index in [0.717, 1.165) is 0 Å². The fraction of sp³-hybridized carbons (Fsp3) is 0. The topological polar surface area (TPSA) is 91.2 Å². The number of benzene rings is 1. The molecular weight excluding hydrogens is 237 g/mol. The fourth-order valence-electron chi connectivity index (χ4n) is 1.34. The van der Waals surface area contributed by atoms with Crippen molar-refractivity contribution in [3.05, 3.63) is 47.9 Å². The van der Waals surface area contributed by atoms with Crippen LogP contribution in [0.5, 0.6) is 11.6 Å². The molecule has 0 aliphatic heterocycles. The Morgan fingerprint density at radius 3 is 2.56 bits per heavy atom. The first-order chi connectivity index (χ1) is 8.56. The Morgan fingerprint density at radius 1 is 1.28 bits per heavy atom. The van der Waals surface area contributed by atoms with Gasteiger partial charge < -0.3 is 16.2 Å². The lowest BCUT2D eigenvalue weighted by atomic mass is 10.2. The number of nitrogens with two attached hydrogens (primary N) is 2. The molecule has 0 unspecified atom stereocenters. The zero-order chi connectivity index (χ0) is 13.1. The molecule has 0 radical (unpaired) electrons. The van der Waals surface area contributed by atoms with Crippen molar-refractivity contribution in [1.82, 2.24) is 4.98 Å². The highest BCUT2D eigenvalue weighted by Crippen LogP contribution is 2.24. The van der Waals surface area contributed by atoms with E-state index in [2.05, 4.69) is 4.98 Å². The monoisotopic (exact) mass is 247 g/mol. The van der Waals surface area contributed by atoms with E-state index in [0.29, 0.717) is 11.4 Å². The number of nitrogen functional groups attached to an aromatic ring is 1. The smallest absolute Gasteiger partial charge is 0.254 e. The Bertz CT molecular complexity index is 584. The first kappa shape index (κ1) is 11.8. The number of ether oxygens (including phenoxy) is 1. The highest BCUT2D eigenvalue weighted by atomic mass is 19.1. The van der Waals surface area contributed by atoms with Gasteiger partial charge in [-0.1, -0.05) is 0 Å². The van der Waals surface area contributed by atoms with Crippen LogP contribution in [0, 0.1) is 5.82 Å².